The van der Waals surface area contributed by atoms with Gasteiger partial charge in [0.05, 0.1) is 11.9 Å². The second-order valence-electron chi connectivity index (χ2n) is 6.39. The van der Waals surface area contributed by atoms with E-state index in [4.69, 9.17) is 0 Å². The van der Waals surface area contributed by atoms with Gasteiger partial charge in [0.15, 0.2) is 0 Å². The fraction of sp³-hybridized carbons (Fsp3) is 0.421. The van der Waals surface area contributed by atoms with E-state index in [9.17, 15) is 4.79 Å². The molecule has 1 aromatic heterocycles. The van der Waals surface area contributed by atoms with Crippen molar-refractivity contribution in [3.63, 3.8) is 0 Å². The molecule has 5 nitrogen and oxygen atoms in total. The maximum Gasteiger partial charge on any atom is 0.274 e. The number of aryl methyl sites for hydroxylation is 2. The van der Waals surface area contributed by atoms with Crippen LogP contribution in [0.2, 0.25) is 0 Å². The number of hydrogen-bond donors (Lipinski definition) is 0. The van der Waals surface area contributed by atoms with Crippen LogP contribution in [0.15, 0.2) is 36.7 Å². The average Bonchev–Trinajstić information content (AvgIpc) is 2.83. The average molecular weight is 324 g/mol. The van der Waals surface area contributed by atoms with Gasteiger partial charge in [-0.15, -0.1) is 0 Å². The van der Waals surface area contributed by atoms with Crippen molar-refractivity contribution in [2.45, 2.75) is 26.8 Å². The van der Waals surface area contributed by atoms with Crippen molar-refractivity contribution < 1.29 is 4.79 Å². The Morgan fingerprint density at radius 1 is 1.04 bits per heavy atom. The molecule has 1 amide bonds. The van der Waals surface area contributed by atoms with Crippen LogP contribution in [-0.2, 0) is 6.54 Å². The van der Waals surface area contributed by atoms with Gasteiger partial charge in [0.1, 0.15) is 5.69 Å². The number of aromatic nitrogens is 2. The second kappa shape index (κ2) is 7.53. The van der Waals surface area contributed by atoms with Crippen LogP contribution in [0.4, 0.5) is 0 Å². The first kappa shape index (κ1) is 16.6. The van der Waals surface area contributed by atoms with Crippen LogP contribution < -0.4 is 0 Å². The highest BCUT2D eigenvalue weighted by molar-refractivity contribution is 5.92. The minimum absolute atomic E-state index is 0.0137. The Morgan fingerprint density at radius 3 is 2.62 bits per heavy atom. The molecule has 0 aliphatic carbocycles. The number of carbonyl (C=O) groups is 1. The summed E-state index contributed by atoms with van der Waals surface area (Å²) in [7, 11) is 0. The zero-order valence-corrected chi connectivity index (χ0v) is 14.4. The van der Waals surface area contributed by atoms with Crippen LogP contribution in [0, 0.1) is 13.8 Å². The Morgan fingerprint density at radius 2 is 1.88 bits per heavy atom. The summed E-state index contributed by atoms with van der Waals surface area (Å²) in [6.45, 7) is 8.38. The molecule has 5 heteroatoms. The van der Waals surface area contributed by atoms with Crippen LogP contribution in [0.1, 0.15) is 33.7 Å². The number of hydrogen-bond acceptors (Lipinski definition) is 4. The summed E-state index contributed by atoms with van der Waals surface area (Å²) in [5.41, 5.74) is 3.95. The summed E-state index contributed by atoms with van der Waals surface area (Å²) in [5.74, 6) is -0.0137. The van der Waals surface area contributed by atoms with E-state index in [-0.39, 0.29) is 5.91 Å². The highest BCUT2D eigenvalue weighted by atomic mass is 16.2. The third-order valence-electron chi connectivity index (χ3n) is 4.53. The van der Waals surface area contributed by atoms with E-state index in [1.807, 2.05) is 11.8 Å². The number of benzene rings is 1. The van der Waals surface area contributed by atoms with Crippen molar-refractivity contribution in [1.82, 2.24) is 19.8 Å². The first-order chi connectivity index (χ1) is 11.6. The molecule has 0 saturated carbocycles. The molecular formula is C19H24N4O. The zero-order chi connectivity index (χ0) is 16.9. The number of amides is 1. The Hall–Kier alpha value is -2.27. The molecule has 1 fully saturated rings. The Kier molecular flexibility index (Phi) is 5.20. The predicted molar refractivity (Wildman–Crippen MR) is 93.7 cm³/mol. The highest BCUT2D eigenvalue weighted by Crippen LogP contribution is 2.13. The summed E-state index contributed by atoms with van der Waals surface area (Å²) < 4.78 is 0. The molecule has 24 heavy (non-hydrogen) atoms. The van der Waals surface area contributed by atoms with E-state index < -0.39 is 0 Å². The molecule has 1 aromatic carbocycles. The molecule has 1 aliphatic rings. The molecule has 1 saturated heterocycles. The van der Waals surface area contributed by atoms with Gasteiger partial charge < -0.3 is 4.90 Å². The van der Waals surface area contributed by atoms with E-state index in [1.54, 1.807) is 12.4 Å². The fourth-order valence-corrected chi connectivity index (χ4v) is 3.03. The molecule has 0 atom stereocenters. The Labute approximate surface area is 143 Å². The van der Waals surface area contributed by atoms with Crippen molar-refractivity contribution in [3.05, 3.63) is 59.2 Å². The third kappa shape index (κ3) is 3.97. The lowest BCUT2D eigenvalue weighted by atomic mass is 10.1. The molecule has 2 aromatic rings. The summed E-state index contributed by atoms with van der Waals surface area (Å²) in [4.78, 5) is 25.3. The van der Waals surface area contributed by atoms with Gasteiger partial charge in [-0.3, -0.25) is 14.7 Å². The van der Waals surface area contributed by atoms with Crippen LogP contribution in [0.5, 0.6) is 0 Å². The van der Waals surface area contributed by atoms with E-state index in [0.29, 0.717) is 5.69 Å². The molecule has 2 heterocycles. The van der Waals surface area contributed by atoms with Gasteiger partial charge >= 0.3 is 0 Å². The Balaban J connectivity index is 1.61. The van der Waals surface area contributed by atoms with E-state index in [2.05, 4.69) is 46.1 Å². The molecule has 3 rings (SSSR count). The molecule has 1 aliphatic heterocycles. The molecule has 0 N–H and O–H groups in total. The van der Waals surface area contributed by atoms with Crippen molar-refractivity contribution in [2.24, 2.45) is 0 Å². The van der Waals surface area contributed by atoms with Gasteiger partial charge in [0.2, 0.25) is 0 Å². The lowest BCUT2D eigenvalue weighted by Crippen LogP contribution is -2.35. The fourth-order valence-electron chi connectivity index (χ4n) is 3.03. The molecule has 0 unspecified atom stereocenters. The van der Waals surface area contributed by atoms with Gasteiger partial charge in [0, 0.05) is 38.9 Å². The van der Waals surface area contributed by atoms with Crippen LogP contribution in [-0.4, -0.2) is 51.9 Å². The van der Waals surface area contributed by atoms with Gasteiger partial charge in [0.25, 0.3) is 5.91 Å². The maximum absolute atomic E-state index is 12.6. The zero-order valence-electron chi connectivity index (χ0n) is 14.4. The van der Waals surface area contributed by atoms with Gasteiger partial charge in [-0.2, -0.15) is 0 Å². The minimum Gasteiger partial charge on any atom is -0.336 e. The summed E-state index contributed by atoms with van der Waals surface area (Å²) in [6.07, 6.45) is 4.21. The largest absolute Gasteiger partial charge is 0.336 e. The molecule has 0 radical (unpaired) electrons. The molecular weight excluding hydrogens is 300 g/mol. The Bertz CT molecular complexity index is 699. The van der Waals surface area contributed by atoms with Crippen LogP contribution in [0.25, 0.3) is 0 Å². The quantitative estimate of drug-likeness (QED) is 0.870. The smallest absolute Gasteiger partial charge is 0.274 e. The van der Waals surface area contributed by atoms with Crippen molar-refractivity contribution >= 4 is 5.91 Å². The minimum atomic E-state index is -0.0137. The molecule has 0 spiro atoms. The SMILES string of the molecule is Cc1cnc(C(=O)N2CCCN(Cc3ccccc3C)CC2)cn1. The van der Waals surface area contributed by atoms with Crippen LogP contribution in [0.3, 0.4) is 0 Å². The van der Waals surface area contributed by atoms with Crippen molar-refractivity contribution in [2.75, 3.05) is 26.2 Å². The topological polar surface area (TPSA) is 49.3 Å². The first-order valence-electron chi connectivity index (χ1n) is 8.48. The number of rotatable bonds is 3. The number of carbonyl (C=O) groups excluding carboxylic acids is 1. The second-order valence-corrected chi connectivity index (χ2v) is 6.39. The van der Waals surface area contributed by atoms with Gasteiger partial charge in [-0.05, 0) is 31.4 Å². The lowest BCUT2D eigenvalue weighted by Gasteiger charge is -2.22. The standard InChI is InChI=1S/C19H24N4O/c1-15-6-3-4-7-17(15)14-22-8-5-9-23(11-10-22)19(24)18-13-20-16(2)12-21-18/h3-4,6-7,12-13H,5,8-11,14H2,1-2H3. The summed E-state index contributed by atoms with van der Waals surface area (Å²) in [5, 5.41) is 0. The normalized spacial score (nSPS) is 16.0. The third-order valence-corrected chi connectivity index (χ3v) is 4.53. The van der Waals surface area contributed by atoms with Crippen molar-refractivity contribution in [1.29, 1.82) is 0 Å². The van der Waals surface area contributed by atoms with Crippen molar-refractivity contribution in [3.8, 4) is 0 Å². The van der Waals surface area contributed by atoms with Gasteiger partial charge in [-0.25, -0.2) is 4.98 Å². The summed E-state index contributed by atoms with van der Waals surface area (Å²) >= 11 is 0. The molecule has 0 bridgehead atoms. The summed E-state index contributed by atoms with van der Waals surface area (Å²) in [6, 6.07) is 8.50. The van der Waals surface area contributed by atoms with E-state index in [0.717, 1.165) is 44.8 Å². The highest BCUT2D eigenvalue weighted by Gasteiger charge is 2.21. The van der Waals surface area contributed by atoms with E-state index in [1.165, 1.54) is 11.1 Å². The van der Waals surface area contributed by atoms with E-state index >= 15 is 0 Å². The van der Waals surface area contributed by atoms with Crippen LogP contribution >= 0.6 is 0 Å². The van der Waals surface area contributed by atoms with Gasteiger partial charge in [-0.1, -0.05) is 24.3 Å². The first-order valence-corrected chi connectivity index (χ1v) is 8.48. The lowest BCUT2D eigenvalue weighted by molar-refractivity contribution is 0.0754. The monoisotopic (exact) mass is 324 g/mol. The maximum atomic E-state index is 12.6. The predicted octanol–water partition coefficient (Wildman–Crippen LogP) is 2.44. The number of nitrogens with zero attached hydrogens (tertiary/aromatic N) is 4. The molecule has 126 valence electrons.